The monoisotopic (exact) mass is 1520 g/mol. The van der Waals surface area contributed by atoms with Gasteiger partial charge in [-0.1, -0.05) is 0 Å². The van der Waals surface area contributed by atoms with Gasteiger partial charge in [0.25, 0.3) is 23.6 Å². The van der Waals surface area contributed by atoms with Gasteiger partial charge in [-0.3, -0.25) is 28.8 Å². The molecule has 334 valence electrons. The van der Waals surface area contributed by atoms with Gasteiger partial charge in [-0.05, 0) is 142 Å². The first-order valence-corrected chi connectivity index (χ1v) is 23.7. The van der Waals surface area contributed by atoms with Crippen LogP contribution in [0.1, 0.15) is 51.8 Å². The number of hydrogen-bond donors (Lipinski definition) is 14. The number of ketones is 2. The molecule has 27 heteroatoms. The van der Waals surface area contributed by atoms with Crippen LogP contribution in [0.4, 0.5) is 5.69 Å². The molecular weight excluding hydrogens is 1480 g/mol. The standard InChI is InChI=1S/C33H40I6N6O15/c34-22-15(30(57)40-4-12(51)8-47)3-16(23(35)19(22)18(55)11-50)31(58)44-29(39)28(56)17(54)7-45(43-1-2-46)27-25(37)20(32(59)41-5-13(52)9-48)24(36)21(26(27)38)33(60)42-6-14(53)10-49/h3,12-14,17,29,43,46-54H,1-2,4-11H2,(H,40,57)(H,41,59)(H,42,60)(H,44,58). The van der Waals surface area contributed by atoms with Crippen LogP contribution >= 0.6 is 136 Å². The lowest BCUT2D eigenvalue weighted by Crippen LogP contribution is -2.51. The second-order valence-electron chi connectivity index (χ2n) is 12.2. The highest BCUT2D eigenvalue weighted by Crippen LogP contribution is 2.38. The van der Waals surface area contributed by atoms with E-state index >= 15 is 0 Å². The lowest BCUT2D eigenvalue weighted by atomic mass is 10.0. The summed E-state index contributed by atoms with van der Waals surface area (Å²) in [5.41, 5.74) is 2.10. The quantitative estimate of drug-likeness (QED) is 0.0171. The van der Waals surface area contributed by atoms with E-state index in [0.29, 0.717) is 0 Å². The van der Waals surface area contributed by atoms with E-state index < -0.39 is 103 Å². The number of carbonyl (C=O) groups excluding carboxylic acids is 6. The SMILES string of the molecule is O=C(NCC(O)CO)c1cc(C(=O)NC(I)C(=O)C(O)CN(NCCO)c2c(I)c(C(=O)NCC(O)CO)c(I)c(C(=O)NCC(O)CO)c2I)c(I)c(C(=O)CO)c1I. The fourth-order valence-corrected chi connectivity index (χ4v) is 12.7. The van der Waals surface area contributed by atoms with Crippen LogP contribution < -0.4 is 31.7 Å². The maximum Gasteiger partial charge on any atom is 0.253 e. The van der Waals surface area contributed by atoms with Crippen LogP contribution in [0.25, 0.3) is 0 Å². The molecule has 0 aromatic heterocycles. The van der Waals surface area contributed by atoms with E-state index in [1.165, 1.54) is 5.01 Å². The van der Waals surface area contributed by atoms with Gasteiger partial charge in [0.15, 0.2) is 11.6 Å². The van der Waals surface area contributed by atoms with Crippen LogP contribution in [0.3, 0.4) is 0 Å². The van der Waals surface area contributed by atoms with Gasteiger partial charge >= 0.3 is 0 Å². The van der Waals surface area contributed by atoms with Gasteiger partial charge in [0.1, 0.15) is 16.8 Å². The smallest absolute Gasteiger partial charge is 0.253 e. The van der Waals surface area contributed by atoms with Crippen molar-refractivity contribution in [3.8, 4) is 0 Å². The molecule has 2 aromatic rings. The Balaban J connectivity index is 2.60. The molecule has 14 N–H and O–H groups in total. The number of anilines is 1. The number of Topliss-reactive ketones (excluding diaryl/α,β-unsaturated/α-hetero) is 2. The van der Waals surface area contributed by atoms with Crippen LogP contribution in [-0.4, -0.2) is 175 Å². The topological polar surface area (TPSA) is 348 Å². The highest BCUT2D eigenvalue weighted by Gasteiger charge is 2.34. The fourth-order valence-electron chi connectivity index (χ4n) is 4.79. The third-order valence-corrected chi connectivity index (χ3v) is 14.2. The number of amides is 4. The Morgan fingerprint density at radius 3 is 1.45 bits per heavy atom. The summed E-state index contributed by atoms with van der Waals surface area (Å²) in [6.45, 7) is -5.34. The number of rotatable bonds is 24. The molecule has 0 radical (unpaired) electrons. The van der Waals surface area contributed by atoms with Crippen LogP contribution in [0.5, 0.6) is 0 Å². The molecule has 2 rings (SSSR count). The second kappa shape index (κ2) is 27.0. The first-order chi connectivity index (χ1) is 28.2. The molecule has 0 bridgehead atoms. The van der Waals surface area contributed by atoms with Crippen LogP contribution in [0, 0.1) is 17.9 Å². The Labute approximate surface area is 423 Å². The van der Waals surface area contributed by atoms with Crippen molar-refractivity contribution in [1.82, 2.24) is 26.7 Å². The summed E-state index contributed by atoms with van der Waals surface area (Å²) in [6.07, 6.45) is -5.88. The molecule has 0 fully saturated rings. The summed E-state index contributed by atoms with van der Waals surface area (Å²) in [5, 5.41) is 98.7. The molecule has 60 heavy (non-hydrogen) atoms. The molecule has 0 aliphatic heterocycles. The minimum Gasteiger partial charge on any atom is -0.395 e. The molecule has 2 aromatic carbocycles. The molecule has 0 aliphatic carbocycles. The van der Waals surface area contributed by atoms with Gasteiger partial charge in [0.2, 0.25) is 0 Å². The van der Waals surface area contributed by atoms with E-state index in [1.807, 2.05) is 0 Å². The zero-order valence-corrected chi connectivity index (χ0v) is 43.7. The van der Waals surface area contributed by atoms with Crippen LogP contribution in [0.15, 0.2) is 6.07 Å². The van der Waals surface area contributed by atoms with Crippen LogP contribution in [-0.2, 0) is 4.79 Å². The Hall–Kier alpha value is -0.560. The first-order valence-electron chi connectivity index (χ1n) is 17.1. The summed E-state index contributed by atoms with van der Waals surface area (Å²) in [7, 11) is 0. The van der Waals surface area contributed by atoms with E-state index in [2.05, 4.69) is 26.7 Å². The Bertz CT molecular complexity index is 1860. The van der Waals surface area contributed by atoms with E-state index in [4.69, 9.17) is 5.11 Å². The van der Waals surface area contributed by atoms with Crippen molar-refractivity contribution in [3.63, 3.8) is 0 Å². The molecule has 5 atom stereocenters. The van der Waals surface area contributed by atoms with Crippen molar-refractivity contribution >= 4 is 176 Å². The van der Waals surface area contributed by atoms with E-state index in [9.17, 15) is 69.6 Å². The molecule has 5 unspecified atom stereocenters. The predicted octanol–water partition coefficient (Wildman–Crippen LogP) is -2.44. The molecule has 4 amide bonds. The maximum atomic E-state index is 13.7. The molecule has 0 heterocycles. The molecule has 0 saturated heterocycles. The average molecular weight is 1520 g/mol. The predicted molar refractivity (Wildman–Crippen MR) is 263 cm³/mol. The molecule has 0 saturated carbocycles. The van der Waals surface area contributed by atoms with E-state index in [-0.39, 0.29) is 77.5 Å². The highest BCUT2D eigenvalue weighted by atomic mass is 127. The molecule has 21 nitrogen and oxygen atoms in total. The second-order valence-corrected chi connectivity index (χ2v) is 18.9. The lowest BCUT2D eigenvalue weighted by molar-refractivity contribution is -0.126. The normalized spacial score (nSPS) is 13.7. The van der Waals surface area contributed by atoms with Gasteiger partial charge < -0.3 is 72.2 Å². The Morgan fingerprint density at radius 2 is 1.03 bits per heavy atom. The van der Waals surface area contributed by atoms with Crippen LogP contribution in [0.2, 0.25) is 0 Å². The van der Waals surface area contributed by atoms with Crippen molar-refractivity contribution in [3.05, 3.63) is 51.7 Å². The number of halogens is 6. The summed E-state index contributed by atoms with van der Waals surface area (Å²) >= 11 is 10.3. The zero-order valence-electron chi connectivity index (χ0n) is 30.7. The highest BCUT2D eigenvalue weighted by molar-refractivity contribution is 14.1. The van der Waals surface area contributed by atoms with Gasteiger partial charge in [-0.25, -0.2) is 5.43 Å². The summed E-state index contributed by atoms with van der Waals surface area (Å²) in [5.74, 6) is -5.17. The van der Waals surface area contributed by atoms with Crippen molar-refractivity contribution < 1.29 is 74.7 Å². The Morgan fingerprint density at radius 1 is 0.600 bits per heavy atom. The number of carbonyl (C=O) groups is 6. The fraction of sp³-hybridized carbons (Fsp3) is 0.455. The summed E-state index contributed by atoms with van der Waals surface area (Å²) in [4.78, 5) is 80.3. The number of benzene rings is 2. The summed E-state index contributed by atoms with van der Waals surface area (Å²) in [6, 6.07) is 1.13. The third kappa shape index (κ3) is 15.0. The summed E-state index contributed by atoms with van der Waals surface area (Å²) < 4.78 is -0.924. The maximum absolute atomic E-state index is 13.7. The van der Waals surface area contributed by atoms with Gasteiger partial charge in [0, 0.05) is 42.5 Å². The van der Waals surface area contributed by atoms with E-state index in [0.717, 1.165) is 6.07 Å². The largest absolute Gasteiger partial charge is 0.395 e. The number of nitrogens with zero attached hydrogens (tertiary/aromatic N) is 1. The number of alkyl halides is 1. The van der Waals surface area contributed by atoms with Gasteiger partial charge in [0.05, 0.1) is 86.4 Å². The molecular formula is C33H40I6N6O15. The Kier molecular flexibility index (Phi) is 25.0. The number of aliphatic hydroxyl groups is 9. The van der Waals surface area contributed by atoms with Crippen molar-refractivity contribution in [2.75, 3.05) is 70.8 Å². The van der Waals surface area contributed by atoms with Gasteiger partial charge in [-0.2, -0.15) is 0 Å². The third-order valence-electron chi connectivity index (χ3n) is 7.86. The zero-order chi connectivity index (χ0) is 45.6. The van der Waals surface area contributed by atoms with Crippen molar-refractivity contribution in [2.24, 2.45) is 0 Å². The number of nitrogens with one attached hydrogen (secondary N) is 5. The number of aliphatic hydroxyl groups excluding tert-OH is 9. The molecule has 0 aliphatic rings. The lowest BCUT2D eigenvalue weighted by Gasteiger charge is -2.31. The minimum atomic E-state index is -1.93. The minimum absolute atomic E-state index is 0.0238. The van der Waals surface area contributed by atoms with Crippen molar-refractivity contribution in [1.29, 1.82) is 0 Å². The van der Waals surface area contributed by atoms with Gasteiger partial charge in [-0.15, -0.1) is 0 Å². The average Bonchev–Trinajstić information content (AvgIpc) is 3.21. The number of hydrogen-bond acceptors (Lipinski definition) is 17. The first kappa shape index (κ1) is 55.6. The van der Waals surface area contributed by atoms with Crippen molar-refractivity contribution in [2.45, 2.75) is 28.5 Å². The van der Waals surface area contributed by atoms with E-state index in [1.54, 1.807) is 136 Å². The number of hydrazine groups is 1. The molecule has 0 spiro atoms.